The Morgan fingerprint density at radius 2 is 2.12 bits per heavy atom. The Morgan fingerprint density at radius 1 is 1.41 bits per heavy atom. The molecule has 0 fully saturated rings. The number of nitrogens with one attached hydrogen (secondary N) is 1. The van der Waals surface area contributed by atoms with E-state index in [0.717, 1.165) is 10.2 Å². The lowest BCUT2D eigenvalue weighted by Gasteiger charge is -2.05. The van der Waals surface area contributed by atoms with Gasteiger partial charge in [0, 0.05) is 12.1 Å². The normalized spacial score (nSPS) is 10.5. The van der Waals surface area contributed by atoms with Crippen LogP contribution < -0.4 is 0 Å². The van der Waals surface area contributed by atoms with Crippen molar-refractivity contribution in [2.24, 2.45) is 0 Å². The van der Waals surface area contributed by atoms with Crippen LogP contribution in [0.2, 0.25) is 0 Å². The minimum Gasteiger partial charge on any atom is -0.346 e. The van der Waals surface area contributed by atoms with Crippen molar-refractivity contribution in [2.45, 2.75) is 13.3 Å². The minimum atomic E-state index is -0.228. The van der Waals surface area contributed by atoms with E-state index in [0.29, 0.717) is 22.4 Å². The predicted octanol–water partition coefficient (Wildman–Crippen LogP) is 3.94. The lowest BCUT2D eigenvalue weighted by molar-refractivity contribution is 0.612. The lowest BCUT2D eigenvalue weighted by atomic mass is 10.1. The quantitative estimate of drug-likeness (QED) is 0.851. The number of H-pyrrole nitrogens is 1. The summed E-state index contributed by atoms with van der Waals surface area (Å²) >= 11 is 8.45. The van der Waals surface area contributed by atoms with Crippen LogP contribution in [0.25, 0.3) is 0 Å². The van der Waals surface area contributed by atoms with Crippen molar-refractivity contribution in [2.75, 3.05) is 0 Å². The highest BCUT2D eigenvalue weighted by molar-refractivity contribution is 9.10. The van der Waals surface area contributed by atoms with E-state index in [-0.39, 0.29) is 5.82 Å². The zero-order chi connectivity index (χ0) is 12.4. The predicted molar refractivity (Wildman–Crippen MR) is 71.1 cm³/mol. The highest BCUT2D eigenvalue weighted by Crippen LogP contribution is 2.16. The van der Waals surface area contributed by atoms with Gasteiger partial charge in [0.2, 0.25) is 0 Å². The second-order valence-corrected chi connectivity index (χ2v) is 4.88. The van der Waals surface area contributed by atoms with Gasteiger partial charge < -0.3 is 4.98 Å². The third-order valence-corrected chi connectivity index (χ3v) is 3.93. The average Bonchev–Trinajstić information content (AvgIpc) is 2.29. The fourth-order valence-electron chi connectivity index (χ4n) is 1.54. The standard InChI is InChI=1S/C12H10BrFN2S/c1-7-11(13)12(17)16-10(15-7)6-8-4-2-3-5-9(8)14/h2-5H,6H2,1H3,(H,15,16,17). The molecule has 0 atom stereocenters. The van der Waals surface area contributed by atoms with Crippen LogP contribution in [0.4, 0.5) is 4.39 Å². The number of rotatable bonds is 2. The molecule has 0 amide bonds. The summed E-state index contributed by atoms with van der Waals surface area (Å²) in [6.45, 7) is 1.90. The van der Waals surface area contributed by atoms with Crippen LogP contribution in [0.15, 0.2) is 28.7 Å². The summed E-state index contributed by atoms with van der Waals surface area (Å²) in [5.74, 6) is 0.440. The molecule has 17 heavy (non-hydrogen) atoms. The molecule has 2 aromatic rings. The van der Waals surface area contributed by atoms with Gasteiger partial charge in [-0.1, -0.05) is 30.4 Å². The molecule has 1 heterocycles. The van der Waals surface area contributed by atoms with Crippen LogP contribution in [0, 0.1) is 17.4 Å². The summed E-state index contributed by atoms with van der Waals surface area (Å²) in [5, 5.41) is 0. The molecule has 0 aliphatic rings. The molecule has 0 spiro atoms. The Kier molecular flexibility index (Phi) is 3.69. The molecule has 1 N–H and O–H groups in total. The smallest absolute Gasteiger partial charge is 0.144 e. The fraction of sp³-hybridized carbons (Fsp3) is 0.167. The van der Waals surface area contributed by atoms with E-state index in [2.05, 4.69) is 25.9 Å². The SMILES string of the molecule is Cc1[nH]c(Cc2ccccc2F)nc(=S)c1Br. The summed E-state index contributed by atoms with van der Waals surface area (Å²) < 4.78 is 14.8. The van der Waals surface area contributed by atoms with E-state index in [4.69, 9.17) is 12.2 Å². The Balaban J connectivity index is 2.38. The maximum Gasteiger partial charge on any atom is 0.144 e. The third kappa shape index (κ3) is 2.79. The van der Waals surface area contributed by atoms with Crippen LogP contribution >= 0.6 is 28.1 Å². The summed E-state index contributed by atoms with van der Waals surface area (Å²) in [7, 11) is 0. The molecular formula is C12H10BrFN2S. The summed E-state index contributed by atoms with van der Waals surface area (Å²) in [4.78, 5) is 7.32. The van der Waals surface area contributed by atoms with Crippen molar-refractivity contribution in [1.82, 2.24) is 9.97 Å². The van der Waals surface area contributed by atoms with Crippen LogP contribution in [0.1, 0.15) is 17.1 Å². The van der Waals surface area contributed by atoms with Crippen molar-refractivity contribution in [3.8, 4) is 0 Å². The largest absolute Gasteiger partial charge is 0.346 e. The van der Waals surface area contributed by atoms with Crippen molar-refractivity contribution in [1.29, 1.82) is 0 Å². The van der Waals surface area contributed by atoms with Crippen LogP contribution in [-0.2, 0) is 6.42 Å². The van der Waals surface area contributed by atoms with Gasteiger partial charge in [0.25, 0.3) is 0 Å². The molecule has 2 nitrogen and oxygen atoms in total. The van der Waals surface area contributed by atoms with Crippen molar-refractivity contribution >= 4 is 28.1 Å². The number of hydrogen-bond donors (Lipinski definition) is 1. The van der Waals surface area contributed by atoms with Gasteiger partial charge in [-0.05, 0) is 34.5 Å². The molecule has 0 unspecified atom stereocenters. The lowest BCUT2D eigenvalue weighted by Crippen LogP contribution is -2.01. The van der Waals surface area contributed by atoms with E-state index in [1.165, 1.54) is 6.07 Å². The Hall–Kier alpha value is -1.07. The van der Waals surface area contributed by atoms with Gasteiger partial charge in [-0.2, -0.15) is 0 Å². The van der Waals surface area contributed by atoms with Gasteiger partial charge >= 0.3 is 0 Å². The van der Waals surface area contributed by atoms with Crippen molar-refractivity contribution in [3.63, 3.8) is 0 Å². The van der Waals surface area contributed by atoms with E-state index in [1.807, 2.05) is 6.92 Å². The zero-order valence-electron chi connectivity index (χ0n) is 9.13. The first-order valence-electron chi connectivity index (χ1n) is 5.06. The number of aryl methyl sites for hydroxylation is 1. The first kappa shape index (κ1) is 12.4. The number of hydrogen-bond acceptors (Lipinski definition) is 2. The fourth-order valence-corrected chi connectivity index (χ4v) is 1.99. The maximum absolute atomic E-state index is 13.5. The first-order chi connectivity index (χ1) is 8.08. The van der Waals surface area contributed by atoms with E-state index in [9.17, 15) is 4.39 Å². The molecule has 0 saturated carbocycles. The summed E-state index contributed by atoms with van der Waals surface area (Å²) in [5.41, 5.74) is 1.50. The summed E-state index contributed by atoms with van der Waals surface area (Å²) in [6, 6.07) is 6.65. The minimum absolute atomic E-state index is 0.228. The number of halogens is 2. The third-order valence-electron chi connectivity index (χ3n) is 2.40. The number of nitrogens with zero attached hydrogens (tertiary/aromatic N) is 1. The zero-order valence-corrected chi connectivity index (χ0v) is 11.5. The van der Waals surface area contributed by atoms with Gasteiger partial charge in [-0.25, -0.2) is 9.37 Å². The van der Waals surface area contributed by atoms with Crippen molar-refractivity contribution < 1.29 is 4.39 Å². The maximum atomic E-state index is 13.5. The van der Waals surface area contributed by atoms with Crippen molar-refractivity contribution in [3.05, 3.63) is 56.3 Å². The second-order valence-electron chi connectivity index (χ2n) is 3.70. The molecule has 5 heteroatoms. The molecular weight excluding hydrogens is 303 g/mol. The highest BCUT2D eigenvalue weighted by atomic mass is 79.9. The molecule has 0 bridgehead atoms. The molecule has 1 aromatic heterocycles. The molecule has 88 valence electrons. The summed E-state index contributed by atoms with van der Waals surface area (Å²) in [6.07, 6.45) is 0.407. The van der Waals surface area contributed by atoms with E-state index >= 15 is 0 Å². The van der Waals surface area contributed by atoms with Crippen LogP contribution in [0.3, 0.4) is 0 Å². The first-order valence-corrected chi connectivity index (χ1v) is 6.27. The number of benzene rings is 1. The molecule has 0 radical (unpaired) electrons. The van der Waals surface area contributed by atoms with Crippen LogP contribution in [0.5, 0.6) is 0 Å². The monoisotopic (exact) mass is 312 g/mol. The highest BCUT2D eigenvalue weighted by Gasteiger charge is 2.06. The van der Waals surface area contributed by atoms with E-state index < -0.39 is 0 Å². The van der Waals surface area contributed by atoms with Crippen LogP contribution in [-0.4, -0.2) is 9.97 Å². The Labute approximate surface area is 112 Å². The Morgan fingerprint density at radius 3 is 2.76 bits per heavy atom. The number of aromatic nitrogens is 2. The molecule has 0 aliphatic carbocycles. The second kappa shape index (κ2) is 5.06. The topological polar surface area (TPSA) is 28.7 Å². The molecule has 0 aliphatic heterocycles. The van der Waals surface area contributed by atoms with Gasteiger partial charge in [0.15, 0.2) is 0 Å². The van der Waals surface area contributed by atoms with Gasteiger partial charge in [-0.15, -0.1) is 0 Å². The van der Waals surface area contributed by atoms with Gasteiger partial charge in [0.05, 0.1) is 4.47 Å². The molecule has 0 saturated heterocycles. The molecule has 1 aromatic carbocycles. The Bertz CT molecular complexity index is 610. The van der Waals surface area contributed by atoms with Gasteiger partial charge in [-0.3, -0.25) is 0 Å². The molecule has 2 rings (SSSR count). The van der Waals surface area contributed by atoms with E-state index in [1.54, 1.807) is 18.2 Å². The number of aromatic amines is 1. The van der Waals surface area contributed by atoms with Gasteiger partial charge in [0.1, 0.15) is 16.3 Å². The average molecular weight is 313 g/mol.